The molecule has 2 N–H and O–H groups in total. The fraction of sp³-hybridized carbons (Fsp3) is 0.500. The molecule has 0 saturated carbocycles. The number of aromatic nitrogens is 2. The molecule has 1 aromatic rings. The minimum absolute atomic E-state index is 0. The fourth-order valence-corrected chi connectivity index (χ4v) is 1.81. The van der Waals surface area contributed by atoms with E-state index in [0.29, 0.717) is 6.54 Å². The Kier molecular flexibility index (Phi) is 8.47. The Morgan fingerprint density at radius 3 is 2.95 bits per heavy atom. The first-order chi connectivity index (χ1) is 8.27. The third-order valence-electron chi connectivity index (χ3n) is 2.95. The van der Waals surface area contributed by atoms with E-state index in [1.807, 2.05) is 13.0 Å². The molecule has 108 valence electrons. The van der Waals surface area contributed by atoms with Crippen molar-refractivity contribution in [3.05, 3.63) is 30.1 Å². The fourth-order valence-electron chi connectivity index (χ4n) is 1.81. The van der Waals surface area contributed by atoms with Crippen molar-refractivity contribution in [2.75, 3.05) is 19.6 Å². The van der Waals surface area contributed by atoms with E-state index in [1.165, 1.54) is 5.57 Å². The second-order valence-electron chi connectivity index (χ2n) is 4.20. The number of nitrogens with one attached hydrogen (secondary N) is 2. The lowest BCUT2D eigenvalue weighted by atomic mass is 10.1. The van der Waals surface area contributed by atoms with Crippen LogP contribution >= 0.6 is 24.8 Å². The molecule has 1 aliphatic rings. The number of rotatable bonds is 4. The lowest BCUT2D eigenvalue weighted by Crippen LogP contribution is -2.34. The van der Waals surface area contributed by atoms with Gasteiger partial charge in [0, 0.05) is 25.5 Å². The predicted molar refractivity (Wildman–Crippen MR) is 80.0 cm³/mol. The van der Waals surface area contributed by atoms with Crippen LogP contribution in [0.3, 0.4) is 0 Å². The van der Waals surface area contributed by atoms with Crippen molar-refractivity contribution in [3.63, 3.8) is 0 Å². The van der Waals surface area contributed by atoms with Gasteiger partial charge in [0.2, 0.25) is 5.91 Å². The van der Waals surface area contributed by atoms with E-state index in [1.54, 1.807) is 17.1 Å². The van der Waals surface area contributed by atoms with Gasteiger partial charge in [-0.25, -0.2) is 0 Å². The predicted octanol–water partition coefficient (Wildman–Crippen LogP) is 1.32. The van der Waals surface area contributed by atoms with Crippen molar-refractivity contribution in [1.82, 2.24) is 20.4 Å². The maximum atomic E-state index is 11.9. The first-order valence-corrected chi connectivity index (χ1v) is 5.93. The molecule has 0 saturated heterocycles. The summed E-state index contributed by atoms with van der Waals surface area (Å²) in [4.78, 5) is 11.9. The van der Waals surface area contributed by atoms with E-state index < -0.39 is 0 Å². The van der Waals surface area contributed by atoms with Gasteiger partial charge in [-0.05, 0) is 26.0 Å². The number of hydrogen-bond donors (Lipinski definition) is 2. The topological polar surface area (TPSA) is 59.0 Å². The number of halogens is 2. The Hall–Kier alpha value is -1.04. The van der Waals surface area contributed by atoms with E-state index in [9.17, 15) is 4.79 Å². The summed E-state index contributed by atoms with van der Waals surface area (Å²) >= 11 is 0. The number of carbonyl (C=O) groups excluding carboxylic acids is 1. The lowest BCUT2D eigenvalue weighted by molar-refractivity contribution is -0.123. The normalized spacial score (nSPS) is 15.5. The van der Waals surface area contributed by atoms with E-state index in [4.69, 9.17) is 0 Å². The van der Waals surface area contributed by atoms with Crippen LogP contribution in [0, 0.1) is 0 Å². The molecule has 1 amide bonds. The van der Waals surface area contributed by atoms with Gasteiger partial charge in [0.15, 0.2) is 0 Å². The summed E-state index contributed by atoms with van der Waals surface area (Å²) in [5.74, 6) is 0.00753. The SMILES string of the molecule is CC(C(=O)NCC1=CCNCC1)n1cccn1.Cl.Cl. The Bertz CT molecular complexity index is 406. The van der Waals surface area contributed by atoms with Crippen LogP contribution in [0.25, 0.3) is 0 Å². The van der Waals surface area contributed by atoms with E-state index >= 15 is 0 Å². The summed E-state index contributed by atoms with van der Waals surface area (Å²) in [6, 6.07) is 1.56. The molecule has 19 heavy (non-hydrogen) atoms. The largest absolute Gasteiger partial charge is 0.351 e. The highest BCUT2D eigenvalue weighted by molar-refractivity contribution is 5.85. The molecule has 0 aliphatic carbocycles. The Morgan fingerprint density at radius 1 is 1.58 bits per heavy atom. The Morgan fingerprint density at radius 2 is 2.37 bits per heavy atom. The first kappa shape index (κ1) is 18.0. The molecule has 2 rings (SSSR count). The Labute approximate surface area is 125 Å². The van der Waals surface area contributed by atoms with Gasteiger partial charge in [-0.15, -0.1) is 24.8 Å². The zero-order chi connectivity index (χ0) is 12.1. The van der Waals surface area contributed by atoms with Crippen LogP contribution in [0.15, 0.2) is 30.1 Å². The molecule has 1 aromatic heterocycles. The molecule has 0 bridgehead atoms. The van der Waals surface area contributed by atoms with Crippen molar-refractivity contribution < 1.29 is 4.79 Å². The van der Waals surface area contributed by atoms with Crippen LogP contribution in [0.4, 0.5) is 0 Å². The van der Waals surface area contributed by atoms with Gasteiger partial charge in [-0.2, -0.15) is 5.10 Å². The molecule has 0 aromatic carbocycles. The molecule has 0 spiro atoms. The molecule has 2 heterocycles. The van der Waals surface area contributed by atoms with Crippen molar-refractivity contribution >= 4 is 30.7 Å². The number of amides is 1. The second-order valence-corrected chi connectivity index (χ2v) is 4.20. The van der Waals surface area contributed by atoms with Crippen LogP contribution in [-0.2, 0) is 4.79 Å². The smallest absolute Gasteiger partial charge is 0.244 e. The third-order valence-corrected chi connectivity index (χ3v) is 2.95. The van der Waals surface area contributed by atoms with Crippen molar-refractivity contribution in [1.29, 1.82) is 0 Å². The Balaban J connectivity index is 0.00000162. The average Bonchev–Trinajstić information content (AvgIpc) is 2.90. The molecule has 1 atom stereocenters. The number of nitrogens with zero attached hydrogens (tertiary/aromatic N) is 2. The molecule has 7 heteroatoms. The van der Waals surface area contributed by atoms with E-state index in [2.05, 4.69) is 21.8 Å². The summed E-state index contributed by atoms with van der Waals surface area (Å²) in [6.45, 7) is 4.39. The second kappa shape index (κ2) is 8.96. The van der Waals surface area contributed by atoms with Crippen molar-refractivity contribution in [3.8, 4) is 0 Å². The quantitative estimate of drug-likeness (QED) is 0.825. The van der Waals surface area contributed by atoms with Gasteiger partial charge in [0.05, 0.1) is 0 Å². The van der Waals surface area contributed by atoms with Crippen LogP contribution in [0.2, 0.25) is 0 Å². The molecule has 5 nitrogen and oxygen atoms in total. The maximum Gasteiger partial charge on any atom is 0.244 e. The highest BCUT2D eigenvalue weighted by Gasteiger charge is 2.14. The highest BCUT2D eigenvalue weighted by Crippen LogP contribution is 2.05. The van der Waals surface area contributed by atoms with Crippen LogP contribution in [-0.4, -0.2) is 35.3 Å². The molecular weight excluding hydrogens is 287 g/mol. The lowest BCUT2D eigenvalue weighted by Gasteiger charge is -2.16. The van der Waals surface area contributed by atoms with Crippen molar-refractivity contribution in [2.24, 2.45) is 0 Å². The summed E-state index contributed by atoms with van der Waals surface area (Å²) < 4.78 is 1.66. The third kappa shape index (κ3) is 5.22. The first-order valence-electron chi connectivity index (χ1n) is 5.93. The summed E-state index contributed by atoms with van der Waals surface area (Å²) in [6.07, 6.45) is 6.63. The van der Waals surface area contributed by atoms with Crippen LogP contribution < -0.4 is 10.6 Å². The molecule has 1 unspecified atom stereocenters. The van der Waals surface area contributed by atoms with Gasteiger partial charge >= 0.3 is 0 Å². The van der Waals surface area contributed by atoms with Crippen LogP contribution in [0.1, 0.15) is 19.4 Å². The molecule has 0 radical (unpaired) electrons. The standard InChI is InChI=1S/C12H18N4O.2ClH/c1-10(16-8-2-5-15-16)12(17)14-9-11-3-6-13-7-4-11;;/h2-3,5,8,10,13H,4,6-7,9H2,1H3,(H,14,17);2*1H. The summed E-state index contributed by atoms with van der Waals surface area (Å²) in [5, 5.41) is 10.3. The van der Waals surface area contributed by atoms with E-state index in [0.717, 1.165) is 19.5 Å². The van der Waals surface area contributed by atoms with Crippen LogP contribution in [0.5, 0.6) is 0 Å². The summed E-state index contributed by atoms with van der Waals surface area (Å²) in [5.41, 5.74) is 1.30. The van der Waals surface area contributed by atoms with Gasteiger partial charge in [0.25, 0.3) is 0 Å². The molecular formula is C12H20Cl2N4O. The molecule has 1 aliphatic heterocycles. The maximum absolute atomic E-state index is 11.9. The number of hydrogen-bond acceptors (Lipinski definition) is 3. The number of carbonyl (C=O) groups is 1. The van der Waals surface area contributed by atoms with Gasteiger partial charge in [-0.1, -0.05) is 11.6 Å². The van der Waals surface area contributed by atoms with Crippen molar-refractivity contribution in [2.45, 2.75) is 19.4 Å². The summed E-state index contributed by atoms with van der Waals surface area (Å²) in [7, 11) is 0. The minimum atomic E-state index is -0.257. The minimum Gasteiger partial charge on any atom is -0.351 e. The average molecular weight is 307 g/mol. The van der Waals surface area contributed by atoms with Gasteiger partial charge < -0.3 is 10.6 Å². The van der Waals surface area contributed by atoms with Gasteiger partial charge in [0.1, 0.15) is 6.04 Å². The van der Waals surface area contributed by atoms with E-state index in [-0.39, 0.29) is 36.8 Å². The van der Waals surface area contributed by atoms with Gasteiger partial charge in [-0.3, -0.25) is 9.48 Å². The monoisotopic (exact) mass is 306 g/mol. The zero-order valence-electron chi connectivity index (χ0n) is 10.8. The molecule has 0 fully saturated rings. The zero-order valence-corrected chi connectivity index (χ0v) is 12.5. The highest BCUT2D eigenvalue weighted by atomic mass is 35.5.